The summed E-state index contributed by atoms with van der Waals surface area (Å²) in [6.45, 7) is 0.551. The molecule has 0 unspecified atom stereocenters. The minimum Gasteiger partial charge on any atom is -0.361 e. The lowest BCUT2D eigenvalue weighted by molar-refractivity contribution is 0.0950. The highest BCUT2D eigenvalue weighted by Gasteiger charge is 2.11. The summed E-state index contributed by atoms with van der Waals surface area (Å²) in [6.07, 6.45) is 6.16. The average molecular weight is 339 g/mol. The lowest BCUT2D eigenvalue weighted by Crippen LogP contribution is -2.25. The number of pyridine rings is 1. The molecule has 0 saturated heterocycles. The Morgan fingerprint density at radius 3 is 3.00 bits per heavy atom. The molecule has 0 fully saturated rings. The molecule has 0 aliphatic carbocycles. The van der Waals surface area contributed by atoms with Crippen LogP contribution < -0.4 is 5.32 Å². The molecule has 1 aromatic carbocycles. The molecule has 5 nitrogen and oxygen atoms in total. The number of aromatic amines is 1. The van der Waals surface area contributed by atoms with E-state index in [1.165, 1.54) is 10.9 Å². The van der Waals surface area contributed by atoms with E-state index in [4.69, 9.17) is 11.6 Å². The molecule has 2 N–H and O–H groups in total. The highest BCUT2D eigenvalue weighted by atomic mass is 35.5. The van der Waals surface area contributed by atoms with Gasteiger partial charge in [0.15, 0.2) is 0 Å². The van der Waals surface area contributed by atoms with Gasteiger partial charge in [-0.1, -0.05) is 29.8 Å². The molecule has 24 heavy (non-hydrogen) atoms. The number of para-hydroxylation sites is 1. The number of aromatic nitrogens is 3. The number of amides is 1. The number of rotatable bonds is 4. The Morgan fingerprint density at radius 2 is 2.08 bits per heavy atom. The van der Waals surface area contributed by atoms with Gasteiger partial charge in [-0.25, -0.2) is 4.98 Å². The van der Waals surface area contributed by atoms with Crippen molar-refractivity contribution in [3.63, 3.8) is 0 Å². The molecular formula is C18H15ClN4O. The maximum atomic E-state index is 12.3. The smallest absolute Gasteiger partial charge is 0.271 e. The molecule has 3 aromatic heterocycles. The van der Waals surface area contributed by atoms with Crippen molar-refractivity contribution in [3.8, 4) is 0 Å². The highest BCUT2D eigenvalue weighted by Crippen LogP contribution is 2.17. The molecule has 0 spiro atoms. The molecule has 0 radical (unpaired) electrons. The van der Waals surface area contributed by atoms with Gasteiger partial charge in [0.05, 0.1) is 5.02 Å². The molecule has 3 heterocycles. The van der Waals surface area contributed by atoms with Crippen molar-refractivity contribution in [2.75, 3.05) is 6.54 Å². The van der Waals surface area contributed by atoms with Crippen LogP contribution in [0.3, 0.4) is 0 Å². The zero-order chi connectivity index (χ0) is 16.5. The Kier molecular flexibility index (Phi) is 3.70. The Morgan fingerprint density at radius 1 is 1.21 bits per heavy atom. The zero-order valence-corrected chi connectivity index (χ0v) is 13.5. The quantitative estimate of drug-likeness (QED) is 0.598. The number of carbonyl (C=O) groups is 1. The number of nitrogens with zero attached hydrogens (tertiary/aromatic N) is 2. The van der Waals surface area contributed by atoms with Crippen LogP contribution in [0.5, 0.6) is 0 Å². The van der Waals surface area contributed by atoms with E-state index in [0.717, 1.165) is 11.9 Å². The van der Waals surface area contributed by atoms with Gasteiger partial charge >= 0.3 is 0 Å². The Balaban J connectivity index is 1.44. The van der Waals surface area contributed by atoms with E-state index in [9.17, 15) is 4.79 Å². The van der Waals surface area contributed by atoms with E-state index < -0.39 is 0 Å². The van der Waals surface area contributed by atoms with Crippen molar-refractivity contribution in [2.24, 2.45) is 0 Å². The summed E-state index contributed by atoms with van der Waals surface area (Å²) in [5.41, 5.74) is 3.38. The van der Waals surface area contributed by atoms with Crippen molar-refractivity contribution in [1.29, 1.82) is 0 Å². The van der Waals surface area contributed by atoms with Crippen LogP contribution in [-0.4, -0.2) is 26.8 Å². The number of carbonyl (C=O) groups excluding carboxylic acids is 1. The summed E-state index contributed by atoms with van der Waals surface area (Å²) in [7, 11) is 0. The number of H-pyrrole nitrogens is 1. The average Bonchev–Trinajstić information content (AvgIpc) is 3.18. The van der Waals surface area contributed by atoms with Gasteiger partial charge in [0.1, 0.15) is 11.3 Å². The van der Waals surface area contributed by atoms with E-state index in [1.54, 1.807) is 28.9 Å². The Hall–Kier alpha value is -2.79. The number of hydrogen-bond acceptors (Lipinski definition) is 2. The number of imidazole rings is 1. The summed E-state index contributed by atoms with van der Waals surface area (Å²) >= 11 is 5.94. The van der Waals surface area contributed by atoms with Crippen molar-refractivity contribution in [3.05, 3.63) is 71.3 Å². The van der Waals surface area contributed by atoms with Gasteiger partial charge < -0.3 is 14.7 Å². The van der Waals surface area contributed by atoms with Crippen LogP contribution in [0.25, 0.3) is 16.6 Å². The van der Waals surface area contributed by atoms with Crippen LogP contribution in [0.1, 0.15) is 16.1 Å². The third kappa shape index (κ3) is 2.74. The predicted octanol–water partition coefficient (Wildman–Crippen LogP) is 3.44. The maximum Gasteiger partial charge on any atom is 0.271 e. The molecule has 4 aromatic rings. The van der Waals surface area contributed by atoms with Gasteiger partial charge in [-0.15, -0.1) is 0 Å². The van der Waals surface area contributed by atoms with E-state index in [1.807, 2.05) is 24.4 Å². The molecule has 6 heteroatoms. The van der Waals surface area contributed by atoms with Crippen LogP contribution in [0, 0.1) is 0 Å². The van der Waals surface area contributed by atoms with Crippen LogP contribution in [0.15, 0.2) is 55.0 Å². The monoisotopic (exact) mass is 338 g/mol. The Labute approximate surface area is 143 Å². The number of hydrogen-bond donors (Lipinski definition) is 2. The second-order valence-corrected chi connectivity index (χ2v) is 6.04. The van der Waals surface area contributed by atoms with Crippen molar-refractivity contribution < 1.29 is 4.79 Å². The summed E-state index contributed by atoms with van der Waals surface area (Å²) in [6, 6.07) is 11.7. The number of fused-ring (bicyclic) bond motifs is 2. The first-order chi connectivity index (χ1) is 11.7. The van der Waals surface area contributed by atoms with Gasteiger partial charge in [0.2, 0.25) is 0 Å². The fourth-order valence-corrected chi connectivity index (χ4v) is 2.98. The number of halogens is 1. The molecule has 0 aliphatic heterocycles. The minimum atomic E-state index is -0.185. The first-order valence-corrected chi connectivity index (χ1v) is 8.06. The molecule has 120 valence electrons. The molecular weight excluding hydrogens is 324 g/mol. The summed E-state index contributed by atoms with van der Waals surface area (Å²) < 4.78 is 1.75. The van der Waals surface area contributed by atoms with Gasteiger partial charge in [0, 0.05) is 36.0 Å². The van der Waals surface area contributed by atoms with Crippen LogP contribution in [-0.2, 0) is 6.42 Å². The van der Waals surface area contributed by atoms with E-state index in [-0.39, 0.29) is 5.91 Å². The van der Waals surface area contributed by atoms with Crippen molar-refractivity contribution >= 4 is 34.1 Å². The van der Waals surface area contributed by atoms with E-state index in [0.29, 0.717) is 22.9 Å². The Bertz CT molecular complexity index is 1030. The lowest BCUT2D eigenvalue weighted by Gasteiger charge is -2.02. The first-order valence-electron chi connectivity index (χ1n) is 7.68. The van der Waals surface area contributed by atoms with Crippen LogP contribution in [0.4, 0.5) is 0 Å². The summed E-state index contributed by atoms with van der Waals surface area (Å²) in [5, 5.41) is 4.71. The fraction of sp³-hybridized carbons (Fsp3) is 0.111. The van der Waals surface area contributed by atoms with E-state index in [2.05, 4.69) is 21.4 Å². The third-order valence-electron chi connectivity index (χ3n) is 4.00. The van der Waals surface area contributed by atoms with Gasteiger partial charge in [-0.05, 0) is 30.2 Å². The number of benzene rings is 1. The SMILES string of the molecule is O=C(NCCc1c[nH]c2ccccc12)c1cn2cc(Cl)ccc2n1. The van der Waals surface area contributed by atoms with Gasteiger partial charge in [0.25, 0.3) is 5.91 Å². The molecule has 0 saturated carbocycles. The standard InChI is InChI=1S/C18H15ClN4O/c19-13-5-6-17-22-16(11-23(17)10-13)18(24)20-8-7-12-9-21-15-4-2-1-3-14(12)15/h1-6,9-11,21H,7-8H2,(H,20,24). The van der Waals surface area contributed by atoms with Gasteiger partial charge in [-0.2, -0.15) is 0 Å². The minimum absolute atomic E-state index is 0.185. The molecule has 4 rings (SSSR count). The maximum absolute atomic E-state index is 12.3. The molecule has 0 aliphatic rings. The summed E-state index contributed by atoms with van der Waals surface area (Å²) in [4.78, 5) is 19.8. The predicted molar refractivity (Wildman–Crippen MR) is 94.5 cm³/mol. The topological polar surface area (TPSA) is 62.2 Å². The molecule has 0 bridgehead atoms. The second kappa shape index (κ2) is 6.02. The van der Waals surface area contributed by atoms with Gasteiger partial charge in [-0.3, -0.25) is 4.79 Å². The fourth-order valence-electron chi connectivity index (χ4n) is 2.81. The third-order valence-corrected chi connectivity index (χ3v) is 4.23. The normalized spacial score (nSPS) is 11.2. The van der Waals surface area contributed by atoms with Crippen LogP contribution in [0.2, 0.25) is 5.02 Å². The van der Waals surface area contributed by atoms with Crippen LogP contribution >= 0.6 is 11.6 Å². The second-order valence-electron chi connectivity index (χ2n) is 5.60. The molecule has 0 atom stereocenters. The molecule has 1 amide bonds. The van der Waals surface area contributed by atoms with Crippen molar-refractivity contribution in [1.82, 2.24) is 19.7 Å². The zero-order valence-electron chi connectivity index (χ0n) is 12.8. The van der Waals surface area contributed by atoms with E-state index >= 15 is 0 Å². The largest absolute Gasteiger partial charge is 0.361 e. The highest BCUT2D eigenvalue weighted by molar-refractivity contribution is 6.30. The summed E-state index contributed by atoms with van der Waals surface area (Å²) in [5.74, 6) is -0.185. The number of nitrogens with one attached hydrogen (secondary N) is 2. The lowest BCUT2D eigenvalue weighted by atomic mass is 10.1. The van der Waals surface area contributed by atoms with Crippen molar-refractivity contribution in [2.45, 2.75) is 6.42 Å². The first kappa shape index (κ1) is 14.8.